The van der Waals surface area contributed by atoms with Crippen LogP contribution in [0.4, 0.5) is 0 Å². The Morgan fingerprint density at radius 3 is 1.56 bits per heavy atom. The monoisotopic (exact) mass is 374 g/mol. The maximum atomic E-state index is 11.7. The van der Waals surface area contributed by atoms with Crippen molar-refractivity contribution < 1.29 is 65.4 Å². The van der Waals surface area contributed by atoms with Gasteiger partial charge >= 0.3 is 11.9 Å². The van der Waals surface area contributed by atoms with E-state index in [0.29, 0.717) is 0 Å². The largest absolute Gasteiger partial charge is 0.479 e. The Morgan fingerprint density at radius 1 is 0.720 bits per heavy atom. The highest BCUT2D eigenvalue weighted by molar-refractivity contribution is 5.77. The number of aliphatic hydroxyl groups is 9. The zero-order valence-corrected chi connectivity index (χ0v) is 12.7. The van der Waals surface area contributed by atoms with Crippen LogP contribution in [0.25, 0.3) is 0 Å². The Kier molecular flexibility index (Phi) is 9.95. The lowest BCUT2D eigenvalue weighted by Crippen LogP contribution is -2.54. The quantitative estimate of drug-likeness (QED) is 0.151. The van der Waals surface area contributed by atoms with E-state index >= 15 is 0 Å². The van der Waals surface area contributed by atoms with Crippen molar-refractivity contribution in [1.82, 2.24) is 0 Å². The van der Waals surface area contributed by atoms with Crippen molar-refractivity contribution in [3.05, 3.63) is 0 Å². The number of carbonyl (C=O) groups is 2. The van der Waals surface area contributed by atoms with Gasteiger partial charge in [-0.05, 0) is 0 Å². The van der Waals surface area contributed by atoms with Gasteiger partial charge in [-0.15, -0.1) is 0 Å². The maximum absolute atomic E-state index is 11.7. The van der Waals surface area contributed by atoms with Crippen LogP contribution in [-0.2, 0) is 14.3 Å². The topological polar surface area (TPSA) is 246 Å². The van der Waals surface area contributed by atoms with Crippen LogP contribution in [0.1, 0.15) is 0 Å². The molecule has 0 saturated heterocycles. The van der Waals surface area contributed by atoms with Gasteiger partial charge in [0.05, 0.1) is 13.2 Å². The number of hydrogen-bond donors (Lipinski definition) is 10. The summed E-state index contributed by atoms with van der Waals surface area (Å²) < 4.78 is 4.35. The highest BCUT2D eigenvalue weighted by atomic mass is 16.6. The fourth-order valence-electron chi connectivity index (χ4n) is 1.65. The average molecular weight is 374 g/mol. The summed E-state index contributed by atoms with van der Waals surface area (Å²) in [6.07, 6.45) is -18.3. The second kappa shape index (κ2) is 10.5. The van der Waals surface area contributed by atoms with E-state index in [2.05, 4.69) is 4.74 Å². The number of hydrogen-bond acceptors (Lipinski definition) is 12. The van der Waals surface area contributed by atoms with Gasteiger partial charge in [-0.3, -0.25) is 0 Å². The number of rotatable bonds is 11. The number of carboxylic acid groups (broad SMARTS) is 1. The summed E-state index contributed by atoms with van der Waals surface area (Å²) in [7, 11) is 0. The summed E-state index contributed by atoms with van der Waals surface area (Å²) in [5.74, 6) is -3.81. The third-order valence-electron chi connectivity index (χ3n) is 3.23. The summed E-state index contributed by atoms with van der Waals surface area (Å²) >= 11 is 0. The molecule has 148 valence electrons. The van der Waals surface area contributed by atoms with E-state index in [1.54, 1.807) is 0 Å². The minimum absolute atomic E-state index is 1.03. The third kappa shape index (κ3) is 6.43. The van der Waals surface area contributed by atoms with Gasteiger partial charge in [0.15, 0.2) is 18.3 Å². The Hall–Kier alpha value is -1.42. The van der Waals surface area contributed by atoms with E-state index in [4.69, 9.17) is 20.4 Å². The SMILES string of the molecule is O=C(O[C@@H]([C@H](O)[C@H](O)CO)[C@@H](O)C(=O)O)[C@H](O)[C@@H](O)[C@H](O)[C@H](O)CO. The Morgan fingerprint density at radius 2 is 1.16 bits per heavy atom. The number of carboxylic acids is 1. The molecule has 25 heavy (non-hydrogen) atoms. The highest BCUT2D eigenvalue weighted by Gasteiger charge is 2.42. The second-order valence-electron chi connectivity index (χ2n) is 5.10. The number of esters is 1. The van der Waals surface area contributed by atoms with Crippen LogP contribution < -0.4 is 0 Å². The van der Waals surface area contributed by atoms with Crippen LogP contribution in [0, 0.1) is 0 Å². The minimum Gasteiger partial charge on any atom is -0.479 e. The molecular weight excluding hydrogens is 352 g/mol. The van der Waals surface area contributed by atoms with E-state index in [-0.39, 0.29) is 0 Å². The third-order valence-corrected chi connectivity index (χ3v) is 3.23. The summed E-state index contributed by atoms with van der Waals surface area (Å²) in [4.78, 5) is 22.5. The van der Waals surface area contributed by atoms with Crippen molar-refractivity contribution in [2.75, 3.05) is 13.2 Å². The average Bonchev–Trinajstić information content (AvgIpc) is 2.60. The van der Waals surface area contributed by atoms with Crippen molar-refractivity contribution >= 4 is 11.9 Å². The molecule has 13 nitrogen and oxygen atoms in total. The number of carbonyl (C=O) groups excluding carboxylic acids is 1. The molecule has 13 heteroatoms. The first-order chi connectivity index (χ1) is 11.5. The lowest BCUT2D eigenvalue weighted by molar-refractivity contribution is -0.197. The molecule has 0 aromatic heterocycles. The van der Waals surface area contributed by atoms with Crippen LogP contribution in [0.3, 0.4) is 0 Å². The Bertz CT molecular complexity index is 429. The van der Waals surface area contributed by atoms with Gasteiger partial charge in [-0.2, -0.15) is 0 Å². The smallest absolute Gasteiger partial charge is 0.338 e. The molecule has 0 aromatic carbocycles. The molecule has 0 aliphatic rings. The van der Waals surface area contributed by atoms with Crippen molar-refractivity contribution in [3.8, 4) is 0 Å². The molecule has 0 rings (SSSR count). The molecule has 0 aliphatic heterocycles. The van der Waals surface area contributed by atoms with Crippen LogP contribution in [0.5, 0.6) is 0 Å². The molecule has 8 atom stereocenters. The van der Waals surface area contributed by atoms with Crippen LogP contribution >= 0.6 is 0 Å². The molecule has 0 radical (unpaired) electrons. The molecule has 0 saturated carbocycles. The number of ether oxygens (including phenoxy) is 1. The van der Waals surface area contributed by atoms with Crippen molar-refractivity contribution in [1.29, 1.82) is 0 Å². The molecular formula is C12H22O13. The lowest BCUT2D eigenvalue weighted by atomic mass is 10.0. The highest BCUT2D eigenvalue weighted by Crippen LogP contribution is 2.14. The molecule has 10 N–H and O–H groups in total. The molecule has 0 aromatic rings. The standard InChI is InChI=1S/C12H22O13/c13-1-3(15)5(17)7(19)8(20)12(24)25-10(9(21)11(22)23)6(18)4(16)2-14/h3-10,13-21H,1-2H2,(H,22,23)/t3-,4-,5-,6-,7+,8-,9-,10+/m1/s1. The first-order valence-electron chi connectivity index (χ1n) is 6.91. The Labute approximate surface area is 140 Å². The molecule has 0 bridgehead atoms. The zero-order valence-electron chi connectivity index (χ0n) is 12.7. The maximum Gasteiger partial charge on any atom is 0.338 e. The molecule has 0 spiro atoms. The van der Waals surface area contributed by atoms with Crippen molar-refractivity contribution in [2.45, 2.75) is 48.8 Å². The molecule has 0 unspecified atom stereocenters. The van der Waals surface area contributed by atoms with Crippen LogP contribution in [0.15, 0.2) is 0 Å². The van der Waals surface area contributed by atoms with Crippen LogP contribution in [0.2, 0.25) is 0 Å². The molecule has 0 aliphatic carbocycles. The fraction of sp³-hybridized carbons (Fsp3) is 0.833. The van der Waals surface area contributed by atoms with Crippen molar-refractivity contribution in [3.63, 3.8) is 0 Å². The van der Waals surface area contributed by atoms with E-state index in [1.807, 2.05) is 0 Å². The van der Waals surface area contributed by atoms with Crippen LogP contribution in [-0.4, -0.2) is 125 Å². The summed E-state index contributed by atoms with van der Waals surface area (Å²) in [5, 5.41) is 91.9. The predicted molar refractivity (Wildman–Crippen MR) is 73.7 cm³/mol. The number of aliphatic carboxylic acids is 1. The molecule has 0 heterocycles. The summed E-state index contributed by atoms with van der Waals surface area (Å²) in [6.45, 7) is -2.12. The minimum atomic E-state index is -2.57. The second-order valence-corrected chi connectivity index (χ2v) is 5.10. The van der Waals surface area contributed by atoms with Gasteiger partial charge in [-0.25, -0.2) is 9.59 Å². The normalized spacial score (nSPS) is 21.3. The van der Waals surface area contributed by atoms with E-state index in [9.17, 15) is 40.2 Å². The lowest BCUT2D eigenvalue weighted by Gasteiger charge is -2.30. The van der Waals surface area contributed by atoms with Gasteiger partial charge in [0, 0.05) is 0 Å². The van der Waals surface area contributed by atoms with E-state index in [0.717, 1.165) is 0 Å². The first-order valence-corrected chi connectivity index (χ1v) is 6.91. The molecule has 0 amide bonds. The Balaban J connectivity index is 5.21. The predicted octanol–water partition coefficient (Wildman–Crippen LogP) is -6.51. The summed E-state index contributed by atoms with van der Waals surface area (Å²) in [6, 6.07) is 0. The summed E-state index contributed by atoms with van der Waals surface area (Å²) in [5.41, 5.74) is 0. The van der Waals surface area contributed by atoms with Gasteiger partial charge < -0.3 is 55.8 Å². The van der Waals surface area contributed by atoms with E-state index < -0.39 is 74.0 Å². The van der Waals surface area contributed by atoms with E-state index in [1.165, 1.54) is 0 Å². The van der Waals surface area contributed by atoms with Crippen molar-refractivity contribution in [2.24, 2.45) is 0 Å². The van der Waals surface area contributed by atoms with Gasteiger partial charge in [0.2, 0.25) is 0 Å². The first kappa shape index (κ1) is 23.6. The molecule has 0 fully saturated rings. The zero-order chi connectivity index (χ0) is 19.9. The fourth-order valence-corrected chi connectivity index (χ4v) is 1.65. The number of aliphatic hydroxyl groups excluding tert-OH is 9. The van der Waals surface area contributed by atoms with Gasteiger partial charge in [-0.1, -0.05) is 0 Å². The van der Waals surface area contributed by atoms with Gasteiger partial charge in [0.1, 0.15) is 30.5 Å². The van der Waals surface area contributed by atoms with Gasteiger partial charge in [0.25, 0.3) is 0 Å².